The van der Waals surface area contributed by atoms with Crippen molar-refractivity contribution in [3.63, 3.8) is 0 Å². The summed E-state index contributed by atoms with van der Waals surface area (Å²) in [6.07, 6.45) is 3.51. The van der Waals surface area contributed by atoms with Crippen molar-refractivity contribution < 1.29 is 15.0 Å². The first-order valence-electron chi connectivity index (χ1n) is 4.79. The zero-order valence-electron chi connectivity index (χ0n) is 8.12. The lowest BCUT2D eigenvalue weighted by molar-refractivity contribution is -0.139. The molecule has 0 aromatic carbocycles. The number of carbonyl (C=O) groups is 1. The SMILES string of the molecule is CCCCCNC(CCO)C(=O)O. The van der Waals surface area contributed by atoms with E-state index in [0.29, 0.717) is 6.54 Å². The Bertz CT molecular complexity index is 139. The van der Waals surface area contributed by atoms with Crippen molar-refractivity contribution in [3.05, 3.63) is 0 Å². The first-order valence-corrected chi connectivity index (χ1v) is 4.79. The number of aliphatic hydroxyl groups excluding tert-OH is 1. The van der Waals surface area contributed by atoms with E-state index < -0.39 is 12.0 Å². The van der Waals surface area contributed by atoms with Crippen molar-refractivity contribution in [3.8, 4) is 0 Å². The number of rotatable bonds is 8. The van der Waals surface area contributed by atoms with Gasteiger partial charge in [-0.3, -0.25) is 4.79 Å². The van der Waals surface area contributed by atoms with Crippen molar-refractivity contribution in [2.75, 3.05) is 13.2 Å². The smallest absolute Gasteiger partial charge is 0.320 e. The highest BCUT2D eigenvalue weighted by Gasteiger charge is 2.14. The van der Waals surface area contributed by atoms with E-state index in [1.807, 2.05) is 0 Å². The van der Waals surface area contributed by atoms with Gasteiger partial charge in [0.25, 0.3) is 0 Å². The molecule has 0 saturated carbocycles. The molecule has 1 unspecified atom stereocenters. The van der Waals surface area contributed by atoms with Crippen LogP contribution in [0.25, 0.3) is 0 Å². The predicted octanol–water partition coefficient (Wildman–Crippen LogP) is 0.602. The Kier molecular flexibility index (Phi) is 7.63. The first kappa shape index (κ1) is 12.4. The lowest BCUT2D eigenvalue weighted by Gasteiger charge is -2.12. The fourth-order valence-electron chi connectivity index (χ4n) is 1.09. The normalized spacial score (nSPS) is 12.8. The highest BCUT2D eigenvalue weighted by Crippen LogP contribution is 1.95. The van der Waals surface area contributed by atoms with E-state index in [9.17, 15) is 4.79 Å². The van der Waals surface area contributed by atoms with Crippen LogP contribution >= 0.6 is 0 Å². The quantitative estimate of drug-likeness (QED) is 0.489. The lowest BCUT2D eigenvalue weighted by Crippen LogP contribution is -2.37. The van der Waals surface area contributed by atoms with E-state index in [1.165, 1.54) is 0 Å². The van der Waals surface area contributed by atoms with Crippen LogP contribution in [0.2, 0.25) is 0 Å². The molecule has 0 bridgehead atoms. The van der Waals surface area contributed by atoms with Crippen molar-refractivity contribution in [1.82, 2.24) is 5.32 Å². The third-order valence-electron chi connectivity index (χ3n) is 1.89. The number of nitrogens with one attached hydrogen (secondary N) is 1. The second-order valence-corrected chi connectivity index (χ2v) is 3.06. The summed E-state index contributed by atoms with van der Waals surface area (Å²) in [5.74, 6) is -0.884. The second kappa shape index (κ2) is 8.01. The van der Waals surface area contributed by atoms with Gasteiger partial charge in [0.15, 0.2) is 0 Å². The van der Waals surface area contributed by atoms with E-state index in [1.54, 1.807) is 0 Å². The summed E-state index contributed by atoms with van der Waals surface area (Å²) >= 11 is 0. The molecule has 4 nitrogen and oxygen atoms in total. The molecule has 0 rings (SSSR count). The third kappa shape index (κ3) is 6.54. The summed E-state index contributed by atoms with van der Waals surface area (Å²) in [6.45, 7) is 2.73. The maximum Gasteiger partial charge on any atom is 0.320 e. The second-order valence-electron chi connectivity index (χ2n) is 3.06. The largest absolute Gasteiger partial charge is 0.480 e. The summed E-state index contributed by atoms with van der Waals surface area (Å²) in [5, 5.41) is 20.2. The minimum atomic E-state index is -0.884. The van der Waals surface area contributed by atoms with E-state index in [-0.39, 0.29) is 13.0 Å². The summed E-state index contributed by atoms with van der Waals surface area (Å²) in [7, 11) is 0. The standard InChI is InChI=1S/C9H19NO3/c1-2-3-4-6-10-8(5-7-11)9(12)13/h8,10-11H,2-7H2,1H3,(H,12,13). The molecule has 0 saturated heterocycles. The Balaban J connectivity index is 3.51. The van der Waals surface area contributed by atoms with Crippen LogP contribution in [0.4, 0.5) is 0 Å². The van der Waals surface area contributed by atoms with Crippen LogP contribution in [-0.2, 0) is 4.79 Å². The topological polar surface area (TPSA) is 69.6 Å². The molecule has 1 atom stereocenters. The molecule has 0 fully saturated rings. The van der Waals surface area contributed by atoms with Gasteiger partial charge in [-0.1, -0.05) is 19.8 Å². The van der Waals surface area contributed by atoms with E-state index in [0.717, 1.165) is 19.3 Å². The molecular formula is C9H19NO3. The number of carboxylic acids is 1. The molecule has 0 aromatic rings. The van der Waals surface area contributed by atoms with Gasteiger partial charge in [-0.2, -0.15) is 0 Å². The molecule has 0 radical (unpaired) electrons. The number of aliphatic hydroxyl groups is 1. The maximum absolute atomic E-state index is 10.6. The highest BCUT2D eigenvalue weighted by atomic mass is 16.4. The van der Waals surface area contributed by atoms with Crippen molar-refractivity contribution in [1.29, 1.82) is 0 Å². The summed E-state index contributed by atoms with van der Waals surface area (Å²) < 4.78 is 0. The summed E-state index contributed by atoms with van der Waals surface area (Å²) in [5.41, 5.74) is 0. The lowest BCUT2D eigenvalue weighted by atomic mass is 10.2. The molecule has 4 heteroatoms. The minimum absolute atomic E-state index is 0.0856. The number of hydrogen-bond acceptors (Lipinski definition) is 3. The van der Waals surface area contributed by atoms with Gasteiger partial charge in [0, 0.05) is 6.61 Å². The van der Waals surface area contributed by atoms with Gasteiger partial charge in [0.1, 0.15) is 6.04 Å². The van der Waals surface area contributed by atoms with E-state index in [4.69, 9.17) is 10.2 Å². The van der Waals surface area contributed by atoms with Crippen LogP contribution in [0.15, 0.2) is 0 Å². The van der Waals surface area contributed by atoms with Gasteiger partial charge in [-0.15, -0.1) is 0 Å². The Morgan fingerprint density at radius 1 is 1.46 bits per heavy atom. The number of carboxylic acid groups (broad SMARTS) is 1. The van der Waals surface area contributed by atoms with E-state index >= 15 is 0 Å². The molecular weight excluding hydrogens is 170 g/mol. The van der Waals surface area contributed by atoms with Crippen molar-refractivity contribution >= 4 is 5.97 Å². The maximum atomic E-state index is 10.6. The van der Waals surface area contributed by atoms with Crippen molar-refractivity contribution in [2.24, 2.45) is 0 Å². The summed E-state index contributed by atoms with van der Waals surface area (Å²) in [6, 6.07) is -0.596. The van der Waals surface area contributed by atoms with Crippen LogP contribution in [0.1, 0.15) is 32.6 Å². The molecule has 13 heavy (non-hydrogen) atoms. The fraction of sp³-hybridized carbons (Fsp3) is 0.889. The fourth-order valence-corrected chi connectivity index (χ4v) is 1.09. The Morgan fingerprint density at radius 3 is 2.62 bits per heavy atom. The van der Waals surface area contributed by atoms with Gasteiger partial charge in [0.2, 0.25) is 0 Å². The molecule has 0 aliphatic heterocycles. The minimum Gasteiger partial charge on any atom is -0.480 e. The molecule has 0 aliphatic rings. The Morgan fingerprint density at radius 2 is 2.15 bits per heavy atom. The predicted molar refractivity (Wildman–Crippen MR) is 50.7 cm³/mol. The average molecular weight is 189 g/mol. The molecule has 0 aliphatic carbocycles. The zero-order chi connectivity index (χ0) is 10.1. The number of unbranched alkanes of at least 4 members (excludes halogenated alkanes) is 2. The number of aliphatic carboxylic acids is 1. The molecule has 0 amide bonds. The monoisotopic (exact) mass is 189 g/mol. The molecule has 0 spiro atoms. The molecule has 0 heterocycles. The third-order valence-corrected chi connectivity index (χ3v) is 1.89. The van der Waals surface area contributed by atoms with Gasteiger partial charge >= 0.3 is 5.97 Å². The Labute approximate surface area is 79.0 Å². The molecule has 3 N–H and O–H groups in total. The Hall–Kier alpha value is -0.610. The van der Waals surface area contributed by atoms with Crippen LogP contribution in [-0.4, -0.2) is 35.4 Å². The van der Waals surface area contributed by atoms with Crippen LogP contribution in [0, 0.1) is 0 Å². The zero-order valence-corrected chi connectivity index (χ0v) is 8.12. The van der Waals surface area contributed by atoms with Crippen molar-refractivity contribution in [2.45, 2.75) is 38.6 Å². The van der Waals surface area contributed by atoms with Crippen LogP contribution in [0.3, 0.4) is 0 Å². The van der Waals surface area contributed by atoms with E-state index in [2.05, 4.69) is 12.2 Å². The van der Waals surface area contributed by atoms with Gasteiger partial charge in [0.05, 0.1) is 0 Å². The van der Waals surface area contributed by atoms with Crippen LogP contribution in [0.5, 0.6) is 0 Å². The van der Waals surface area contributed by atoms with Gasteiger partial charge in [-0.05, 0) is 19.4 Å². The average Bonchev–Trinajstić information content (AvgIpc) is 2.10. The van der Waals surface area contributed by atoms with Crippen LogP contribution < -0.4 is 5.32 Å². The van der Waals surface area contributed by atoms with Gasteiger partial charge in [-0.25, -0.2) is 0 Å². The first-order chi connectivity index (χ1) is 6.22. The summed E-state index contributed by atoms with van der Waals surface area (Å²) in [4.78, 5) is 10.6. The highest BCUT2D eigenvalue weighted by molar-refractivity contribution is 5.73. The number of hydrogen-bond donors (Lipinski definition) is 3. The van der Waals surface area contributed by atoms with Gasteiger partial charge < -0.3 is 15.5 Å². The molecule has 0 aromatic heterocycles. The molecule has 78 valence electrons.